The topological polar surface area (TPSA) is 54.2 Å². The van der Waals surface area contributed by atoms with Crippen molar-refractivity contribution in [1.82, 2.24) is 15.1 Å². The third-order valence-electron chi connectivity index (χ3n) is 5.24. The maximum absolute atomic E-state index is 4.56. The molecule has 170 valence electrons. The van der Waals surface area contributed by atoms with E-state index in [0.29, 0.717) is 6.42 Å². The second kappa shape index (κ2) is 11.1. The van der Waals surface area contributed by atoms with Crippen molar-refractivity contribution in [3.8, 4) is 11.3 Å². The average molecular weight is 440 g/mol. The fraction of sp³-hybridized carbons (Fsp3) is 0.214. The van der Waals surface area contributed by atoms with Gasteiger partial charge in [-0.15, -0.1) is 0 Å². The monoisotopic (exact) mass is 439 g/mol. The van der Waals surface area contributed by atoms with Crippen molar-refractivity contribution >= 4 is 23.7 Å². The zero-order valence-corrected chi connectivity index (χ0v) is 20.0. The van der Waals surface area contributed by atoms with Crippen LogP contribution in [-0.2, 0) is 13.5 Å². The highest BCUT2D eigenvalue weighted by Crippen LogP contribution is 2.37. The molecule has 0 unspecified atom stereocenters. The Morgan fingerprint density at radius 3 is 2.64 bits per heavy atom. The lowest BCUT2D eigenvalue weighted by molar-refractivity contribution is 0.771. The third-order valence-corrected chi connectivity index (χ3v) is 5.24. The summed E-state index contributed by atoms with van der Waals surface area (Å²) in [4.78, 5) is 4.45. The molecule has 3 aromatic rings. The Kier molecular flexibility index (Phi) is 8.03. The number of benzene rings is 2. The molecule has 0 aliphatic heterocycles. The zero-order chi connectivity index (χ0) is 23.8. The van der Waals surface area contributed by atoms with Gasteiger partial charge in [-0.1, -0.05) is 42.5 Å². The first-order valence-corrected chi connectivity index (χ1v) is 11.1. The number of anilines is 1. The Bertz CT molecular complexity index is 1190. The molecule has 0 saturated heterocycles. The predicted molar refractivity (Wildman–Crippen MR) is 142 cm³/mol. The van der Waals surface area contributed by atoms with Gasteiger partial charge in [-0.2, -0.15) is 5.10 Å². The van der Waals surface area contributed by atoms with Crippen LogP contribution in [0.25, 0.3) is 16.8 Å². The number of hydrogen-bond donors (Lipinski definition) is 2. The maximum Gasteiger partial charge on any atom is 0.0923 e. The molecule has 0 aliphatic rings. The van der Waals surface area contributed by atoms with Crippen molar-refractivity contribution in [3.63, 3.8) is 0 Å². The summed E-state index contributed by atoms with van der Waals surface area (Å²) in [6.45, 7) is 14.8. The lowest BCUT2D eigenvalue weighted by Gasteiger charge is -2.18. The maximum atomic E-state index is 4.56. The van der Waals surface area contributed by atoms with E-state index < -0.39 is 0 Å². The van der Waals surface area contributed by atoms with E-state index in [1.54, 1.807) is 6.20 Å². The first kappa shape index (κ1) is 23.8. The van der Waals surface area contributed by atoms with Crippen LogP contribution in [0.1, 0.15) is 37.5 Å². The van der Waals surface area contributed by atoms with E-state index in [0.717, 1.165) is 45.9 Å². The van der Waals surface area contributed by atoms with Crippen molar-refractivity contribution in [1.29, 1.82) is 0 Å². The second-order valence-corrected chi connectivity index (χ2v) is 8.12. The number of nitrogens with one attached hydrogen (secondary N) is 2. The fourth-order valence-electron chi connectivity index (χ4n) is 3.87. The van der Waals surface area contributed by atoms with Crippen molar-refractivity contribution in [3.05, 3.63) is 96.0 Å². The van der Waals surface area contributed by atoms with Crippen LogP contribution in [0.4, 0.5) is 11.4 Å². The van der Waals surface area contributed by atoms with E-state index in [-0.39, 0.29) is 0 Å². The molecule has 2 N–H and O–H groups in total. The Hall–Kier alpha value is -3.86. The van der Waals surface area contributed by atoms with Crippen LogP contribution in [0.15, 0.2) is 84.3 Å². The normalized spacial score (nSPS) is 11.1. The van der Waals surface area contributed by atoms with Crippen molar-refractivity contribution < 1.29 is 0 Å². The molecule has 1 heterocycles. The number of nitrogens with zero attached hydrogens (tertiary/aromatic N) is 3. The SMILES string of the molecule is C=CN/C=C(\C=C(C)C)c1ccc(NCC)c(N=C)c1Cc1cccc(-c2ccn(C)n2)c1. The van der Waals surface area contributed by atoms with Gasteiger partial charge in [0.05, 0.1) is 17.1 Å². The van der Waals surface area contributed by atoms with Gasteiger partial charge in [-0.05, 0) is 74.2 Å². The lowest BCUT2D eigenvalue weighted by atomic mass is 9.91. The summed E-state index contributed by atoms with van der Waals surface area (Å²) in [5, 5.41) is 11.1. The van der Waals surface area contributed by atoms with E-state index in [1.807, 2.05) is 30.2 Å². The molecule has 33 heavy (non-hydrogen) atoms. The molecular formula is C28H33N5. The van der Waals surface area contributed by atoms with Crippen molar-refractivity contribution in [2.75, 3.05) is 11.9 Å². The van der Waals surface area contributed by atoms with Gasteiger partial charge < -0.3 is 10.6 Å². The van der Waals surface area contributed by atoms with Crippen LogP contribution in [0.5, 0.6) is 0 Å². The summed E-state index contributed by atoms with van der Waals surface area (Å²) in [5.74, 6) is 0. The lowest BCUT2D eigenvalue weighted by Crippen LogP contribution is -2.03. The summed E-state index contributed by atoms with van der Waals surface area (Å²) in [6.07, 6.45) is 8.49. The molecule has 3 rings (SSSR count). The summed E-state index contributed by atoms with van der Waals surface area (Å²) in [5.41, 5.74) is 9.62. The molecule has 1 aromatic heterocycles. The minimum Gasteiger partial charge on any atom is -0.384 e. The number of hydrogen-bond acceptors (Lipinski definition) is 4. The van der Waals surface area contributed by atoms with E-state index >= 15 is 0 Å². The van der Waals surface area contributed by atoms with Crippen molar-refractivity contribution in [2.45, 2.75) is 27.2 Å². The predicted octanol–water partition coefficient (Wildman–Crippen LogP) is 6.48. The first-order chi connectivity index (χ1) is 16.0. The van der Waals surface area contributed by atoms with Gasteiger partial charge in [-0.3, -0.25) is 9.67 Å². The summed E-state index contributed by atoms with van der Waals surface area (Å²) >= 11 is 0. The number of allylic oxidation sites excluding steroid dienone is 3. The quantitative estimate of drug-likeness (QED) is 0.281. The molecular weight excluding hydrogens is 406 g/mol. The minimum absolute atomic E-state index is 0.714. The van der Waals surface area contributed by atoms with Crippen LogP contribution in [0.3, 0.4) is 0 Å². The van der Waals surface area contributed by atoms with Gasteiger partial charge in [-0.25, -0.2) is 0 Å². The van der Waals surface area contributed by atoms with Gasteiger partial charge in [0, 0.05) is 38.0 Å². The van der Waals surface area contributed by atoms with E-state index in [9.17, 15) is 0 Å². The molecule has 0 aliphatic carbocycles. The summed E-state index contributed by atoms with van der Waals surface area (Å²) in [6, 6.07) is 14.8. The Morgan fingerprint density at radius 1 is 1.18 bits per heavy atom. The Morgan fingerprint density at radius 2 is 2.00 bits per heavy atom. The highest BCUT2D eigenvalue weighted by Gasteiger charge is 2.16. The number of aryl methyl sites for hydroxylation is 1. The van der Waals surface area contributed by atoms with Gasteiger partial charge >= 0.3 is 0 Å². The number of aliphatic imine (C=N–C) groups is 1. The largest absolute Gasteiger partial charge is 0.384 e. The van der Waals surface area contributed by atoms with Crippen LogP contribution >= 0.6 is 0 Å². The number of rotatable bonds is 10. The molecule has 0 amide bonds. The second-order valence-electron chi connectivity index (χ2n) is 8.12. The number of aromatic nitrogens is 2. The van der Waals surface area contributed by atoms with Gasteiger partial charge in [0.15, 0.2) is 0 Å². The van der Waals surface area contributed by atoms with E-state index in [4.69, 9.17) is 0 Å². The standard InChI is InChI=1S/C28H33N5/c1-7-30-19-23(16-20(3)4)24-12-13-27(31-8-2)28(29-5)25(24)18-21-10-9-11-22(17-21)26-14-15-33(6)32-26/h7,9-17,19,30-31H,1,5,8,18H2,2-4,6H3/b23-19+. The first-order valence-electron chi connectivity index (χ1n) is 11.1. The Labute approximate surface area is 197 Å². The molecule has 5 nitrogen and oxygen atoms in total. The van der Waals surface area contributed by atoms with E-state index in [2.05, 4.69) is 97.3 Å². The van der Waals surface area contributed by atoms with Crippen LogP contribution < -0.4 is 10.6 Å². The smallest absolute Gasteiger partial charge is 0.0923 e. The molecule has 0 atom stereocenters. The minimum atomic E-state index is 0.714. The van der Waals surface area contributed by atoms with Crippen molar-refractivity contribution in [2.24, 2.45) is 12.0 Å². The summed E-state index contributed by atoms with van der Waals surface area (Å²) in [7, 11) is 1.93. The summed E-state index contributed by atoms with van der Waals surface area (Å²) < 4.78 is 1.82. The molecule has 0 radical (unpaired) electrons. The van der Waals surface area contributed by atoms with Crippen LogP contribution in [-0.4, -0.2) is 23.0 Å². The Balaban J connectivity index is 2.16. The molecule has 0 spiro atoms. The molecule has 0 bridgehead atoms. The van der Waals surface area contributed by atoms with Gasteiger partial charge in [0.25, 0.3) is 0 Å². The van der Waals surface area contributed by atoms with Gasteiger partial charge in [0.2, 0.25) is 0 Å². The van der Waals surface area contributed by atoms with Crippen LogP contribution in [0.2, 0.25) is 0 Å². The highest BCUT2D eigenvalue weighted by atomic mass is 15.2. The van der Waals surface area contributed by atoms with E-state index in [1.165, 1.54) is 11.1 Å². The molecule has 0 fully saturated rings. The highest BCUT2D eigenvalue weighted by molar-refractivity contribution is 5.84. The van der Waals surface area contributed by atoms with Gasteiger partial charge in [0.1, 0.15) is 0 Å². The average Bonchev–Trinajstić information content (AvgIpc) is 3.23. The molecule has 5 heteroatoms. The third kappa shape index (κ3) is 5.89. The fourth-order valence-corrected chi connectivity index (χ4v) is 3.87. The van der Waals surface area contributed by atoms with Crippen LogP contribution in [0, 0.1) is 0 Å². The molecule has 2 aromatic carbocycles. The molecule has 0 saturated carbocycles. The zero-order valence-electron chi connectivity index (χ0n) is 20.0.